The first-order chi connectivity index (χ1) is 14.7. The van der Waals surface area contributed by atoms with Gasteiger partial charge in [-0.1, -0.05) is 43.3 Å². The number of benzene rings is 2. The summed E-state index contributed by atoms with van der Waals surface area (Å²) in [6, 6.07) is 16.9. The Morgan fingerprint density at radius 2 is 1.73 bits per heavy atom. The molecule has 1 aromatic heterocycles. The van der Waals surface area contributed by atoms with E-state index in [0.29, 0.717) is 0 Å². The Morgan fingerprint density at radius 1 is 1.00 bits per heavy atom. The summed E-state index contributed by atoms with van der Waals surface area (Å²) in [6.45, 7) is 12.0. The molecule has 0 saturated heterocycles. The Kier molecular flexibility index (Phi) is 8.29. The van der Waals surface area contributed by atoms with Crippen molar-refractivity contribution in [3.63, 3.8) is 0 Å². The largest absolute Gasteiger partial charge is 0.361 e. The van der Waals surface area contributed by atoms with Crippen LogP contribution < -0.4 is 10.2 Å². The minimum Gasteiger partial charge on any atom is -0.361 e. The molecule has 0 radical (unpaired) electrons. The van der Waals surface area contributed by atoms with Crippen LogP contribution in [0.15, 0.2) is 54.7 Å². The van der Waals surface area contributed by atoms with Gasteiger partial charge in [-0.05, 0) is 55.7 Å². The van der Waals surface area contributed by atoms with Crippen LogP contribution in [0.1, 0.15) is 38.3 Å². The number of nitrogens with zero attached hydrogens (tertiary/aromatic N) is 1. The van der Waals surface area contributed by atoms with E-state index in [1.54, 1.807) is 4.90 Å². The van der Waals surface area contributed by atoms with Crippen LogP contribution in [-0.2, 0) is 13.0 Å². The molecular formula is C25H35N4S+. The van der Waals surface area contributed by atoms with Gasteiger partial charge in [-0.25, -0.2) is 0 Å². The maximum Gasteiger partial charge on any atom is 0.173 e. The zero-order valence-electron chi connectivity index (χ0n) is 18.5. The lowest BCUT2D eigenvalue weighted by molar-refractivity contribution is -0.896. The summed E-state index contributed by atoms with van der Waals surface area (Å²) in [4.78, 5) is 7.35. The van der Waals surface area contributed by atoms with Crippen LogP contribution in [0.2, 0.25) is 0 Å². The number of hydrogen-bond donors (Lipinski definition) is 3. The Balaban J connectivity index is 1.76. The molecule has 1 heterocycles. The molecule has 0 spiro atoms. The number of nitrogens with one attached hydrogen (secondary N) is 3. The second-order valence-corrected chi connectivity index (χ2v) is 8.17. The molecule has 30 heavy (non-hydrogen) atoms. The summed E-state index contributed by atoms with van der Waals surface area (Å²) in [5.74, 6) is 0. The average Bonchev–Trinajstić information content (AvgIpc) is 3.19. The third-order valence-corrected chi connectivity index (χ3v) is 6.28. The van der Waals surface area contributed by atoms with Crippen molar-refractivity contribution in [3.05, 3.63) is 65.9 Å². The zero-order valence-corrected chi connectivity index (χ0v) is 19.3. The number of thiocarbonyl (C=S) groups is 1. The second-order valence-electron chi connectivity index (χ2n) is 7.78. The molecule has 0 aliphatic carbocycles. The third kappa shape index (κ3) is 5.61. The number of aryl methyl sites for hydroxylation is 1. The van der Waals surface area contributed by atoms with Crippen LogP contribution in [0.25, 0.3) is 10.9 Å². The first kappa shape index (κ1) is 22.3. The van der Waals surface area contributed by atoms with Crippen LogP contribution in [0.5, 0.6) is 0 Å². The maximum absolute atomic E-state index is 5.89. The average molecular weight is 424 g/mol. The van der Waals surface area contributed by atoms with Crippen molar-refractivity contribution in [1.82, 2.24) is 9.88 Å². The van der Waals surface area contributed by atoms with E-state index in [2.05, 4.69) is 90.7 Å². The van der Waals surface area contributed by atoms with Crippen molar-refractivity contribution in [1.29, 1.82) is 0 Å². The van der Waals surface area contributed by atoms with Crippen molar-refractivity contribution >= 4 is 33.9 Å². The van der Waals surface area contributed by atoms with Gasteiger partial charge in [0.25, 0.3) is 0 Å². The smallest absolute Gasteiger partial charge is 0.173 e. The summed E-state index contributed by atoms with van der Waals surface area (Å²) in [7, 11) is 0. The van der Waals surface area contributed by atoms with Crippen LogP contribution >= 0.6 is 12.2 Å². The molecule has 0 saturated carbocycles. The number of aromatic amines is 1. The summed E-state index contributed by atoms with van der Waals surface area (Å²) in [5.41, 5.74) is 4.87. The highest BCUT2D eigenvalue weighted by molar-refractivity contribution is 7.80. The monoisotopic (exact) mass is 423 g/mol. The molecule has 0 bridgehead atoms. The number of rotatable bonds is 10. The fraction of sp³-hybridized carbons (Fsp3) is 0.400. The number of anilines is 1. The van der Waals surface area contributed by atoms with E-state index in [1.807, 2.05) is 0 Å². The predicted molar refractivity (Wildman–Crippen MR) is 132 cm³/mol. The van der Waals surface area contributed by atoms with E-state index in [9.17, 15) is 0 Å². The van der Waals surface area contributed by atoms with E-state index in [0.717, 1.165) is 36.7 Å². The third-order valence-electron chi connectivity index (χ3n) is 5.92. The van der Waals surface area contributed by atoms with Crippen LogP contribution in [-0.4, -0.2) is 41.2 Å². The van der Waals surface area contributed by atoms with Crippen LogP contribution in [0, 0.1) is 0 Å². The molecule has 4 nitrogen and oxygen atoms in total. The quantitative estimate of drug-likeness (QED) is 0.427. The molecule has 3 rings (SSSR count). The minimum atomic E-state index is 0.802. The van der Waals surface area contributed by atoms with Crippen LogP contribution in [0.4, 0.5) is 5.69 Å². The van der Waals surface area contributed by atoms with Crippen molar-refractivity contribution in [2.45, 2.75) is 40.2 Å². The molecule has 0 fully saturated rings. The van der Waals surface area contributed by atoms with Gasteiger partial charge in [-0.3, -0.25) is 0 Å². The Labute approximate surface area is 186 Å². The lowest BCUT2D eigenvalue weighted by atomic mass is 10.1. The van der Waals surface area contributed by atoms with E-state index in [4.69, 9.17) is 12.2 Å². The Morgan fingerprint density at radius 3 is 2.50 bits per heavy atom. The van der Waals surface area contributed by atoms with Gasteiger partial charge in [0.1, 0.15) is 0 Å². The summed E-state index contributed by atoms with van der Waals surface area (Å²) in [6.07, 6.45) is 4.23. The molecular weight excluding hydrogens is 388 g/mol. The first-order valence-corrected chi connectivity index (χ1v) is 11.6. The lowest BCUT2D eigenvalue weighted by Crippen LogP contribution is -3.11. The molecule has 5 heteroatoms. The molecule has 0 unspecified atom stereocenters. The number of quaternary nitrogens is 1. The van der Waals surface area contributed by atoms with Crippen molar-refractivity contribution in [3.8, 4) is 0 Å². The fourth-order valence-corrected chi connectivity index (χ4v) is 4.25. The molecule has 160 valence electrons. The predicted octanol–water partition coefficient (Wildman–Crippen LogP) is 4.24. The summed E-state index contributed by atoms with van der Waals surface area (Å²) >= 11 is 5.89. The summed E-state index contributed by atoms with van der Waals surface area (Å²) < 4.78 is 0. The topological polar surface area (TPSA) is 35.5 Å². The minimum absolute atomic E-state index is 0.802. The van der Waals surface area contributed by atoms with Gasteiger partial charge in [0, 0.05) is 42.3 Å². The molecule has 0 aliphatic rings. The fourth-order valence-electron chi connectivity index (χ4n) is 3.99. The van der Waals surface area contributed by atoms with Gasteiger partial charge in [-0.2, -0.15) is 0 Å². The second kappa shape index (κ2) is 11.1. The normalized spacial score (nSPS) is 11.2. The molecule has 3 aromatic rings. The number of H-pyrrole nitrogens is 1. The van der Waals surface area contributed by atoms with Gasteiger partial charge in [0.05, 0.1) is 19.6 Å². The van der Waals surface area contributed by atoms with Gasteiger partial charge < -0.3 is 20.1 Å². The highest BCUT2D eigenvalue weighted by atomic mass is 32.1. The molecule has 0 amide bonds. The number of para-hydroxylation sites is 2. The zero-order chi connectivity index (χ0) is 21.3. The number of aromatic nitrogens is 1. The van der Waals surface area contributed by atoms with E-state index >= 15 is 0 Å². The van der Waals surface area contributed by atoms with Crippen molar-refractivity contribution in [2.75, 3.05) is 31.5 Å². The Hall–Kier alpha value is -2.37. The van der Waals surface area contributed by atoms with Crippen molar-refractivity contribution < 1.29 is 4.90 Å². The Bertz CT molecular complexity index is 945. The summed E-state index contributed by atoms with van der Waals surface area (Å²) in [5, 5.41) is 5.60. The van der Waals surface area contributed by atoms with Gasteiger partial charge in [0.2, 0.25) is 0 Å². The first-order valence-electron chi connectivity index (χ1n) is 11.2. The van der Waals surface area contributed by atoms with E-state index in [-0.39, 0.29) is 0 Å². The van der Waals surface area contributed by atoms with Gasteiger partial charge in [-0.15, -0.1) is 0 Å². The van der Waals surface area contributed by atoms with Crippen molar-refractivity contribution in [2.24, 2.45) is 0 Å². The van der Waals surface area contributed by atoms with Gasteiger partial charge in [0.15, 0.2) is 5.11 Å². The van der Waals surface area contributed by atoms with Crippen LogP contribution in [0.3, 0.4) is 0 Å². The molecule has 3 N–H and O–H groups in total. The highest BCUT2D eigenvalue weighted by Crippen LogP contribution is 2.21. The number of hydrogen-bond acceptors (Lipinski definition) is 1. The number of fused-ring (bicyclic) bond motifs is 1. The lowest BCUT2D eigenvalue weighted by Gasteiger charge is -2.27. The molecule has 0 aliphatic heterocycles. The standard InChI is InChI=1S/C25H34N4S/c1-4-20-12-7-9-14-23(20)27-25(30)29(17-11-16-28(5-2)6-3)19-21-18-26-24-15-10-8-13-22(21)24/h7-10,12-15,18,26H,4-6,11,16-17,19H2,1-3H3,(H,27,30)/p+1. The molecule has 2 aromatic carbocycles. The highest BCUT2D eigenvalue weighted by Gasteiger charge is 2.15. The SMILES string of the molecule is CCc1ccccc1NC(=S)N(CCC[NH+](CC)CC)Cc1c[nH]c2ccccc12. The van der Waals surface area contributed by atoms with E-state index in [1.165, 1.54) is 41.7 Å². The maximum atomic E-state index is 5.89. The van der Waals surface area contributed by atoms with E-state index < -0.39 is 0 Å². The molecule has 0 atom stereocenters. The van der Waals surface area contributed by atoms with Gasteiger partial charge >= 0.3 is 0 Å².